The highest BCUT2D eigenvalue weighted by Crippen LogP contribution is 2.24. The van der Waals surface area contributed by atoms with Crippen LogP contribution in [0.1, 0.15) is 12.8 Å². The van der Waals surface area contributed by atoms with Gasteiger partial charge in [-0.1, -0.05) is 11.6 Å². The largest absolute Gasteiger partial charge is 0.391 e. The van der Waals surface area contributed by atoms with E-state index in [1.165, 1.54) is 6.33 Å². The zero-order valence-electron chi connectivity index (χ0n) is 7.73. The summed E-state index contributed by atoms with van der Waals surface area (Å²) in [5, 5.41) is 10.0. The van der Waals surface area contributed by atoms with Crippen molar-refractivity contribution in [1.29, 1.82) is 0 Å². The van der Waals surface area contributed by atoms with Crippen molar-refractivity contribution in [3.63, 3.8) is 0 Å². The maximum Gasteiger partial charge on any atom is 0.150 e. The van der Waals surface area contributed by atoms with Crippen LogP contribution in [-0.2, 0) is 0 Å². The van der Waals surface area contributed by atoms with Gasteiger partial charge in [0, 0.05) is 13.1 Å². The third kappa shape index (κ3) is 1.96. The van der Waals surface area contributed by atoms with Crippen LogP contribution in [0.3, 0.4) is 0 Å². The number of β-amino-alcohol motifs (C(OH)–C–C–N with tert-alkyl or cyclic N) is 1. The Morgan fingerprint density at radius 1 is 1.57 bits per heavy atom. The van der Waals surface area contributed by atoms with Gasteiger partial charge >= 0.3 is 0 Å². The van der Waals surface area contributed by atoms with Gasteiger partial charge < -0.3 is 10.0 Å². The molecule has 0 amide bonds. The van der Waals surface area contributed by atoms with Crippen LogP contribution in [0.15, 0.2) is 12.5 Å². The van der Waals surface area contributed by atoms with Gasteiger partial charge in [0.25, 0.3) is 0 Å². The second-order valence-corrected chi connectivity index (χ2v) is 3.84. The minimum Gasteiger partial charge on any atom is -0.391 e. The molecule has 1 aromatic heterocycles. The molecule has 0 spiro atoms. The number of halogens is 1. The van der Waals surface area contributed by atoms with Crippen molar-refractivity contribution >= 4 is 17.4 Å². The van der Waals surface area contributed by atoms with Gasteiger partial charge in [-0.2, -0.15) is 0 Å². The summed E-state index contributed by atoms with van der Waals surface area (Å²) in [4.78, 5) is 9.93. The summed E-state index contributed by atoms with van der Waals surface area (Å²) in [5.74, 6) is 0.723. The number of anilines is 1. The monoisotopic (exact) mass is 213 g/mol. The number of piperidine rings is 1. The van der Waals surface area contributed by atoms with Crippen LogP contribution in [0.4, 0.5) is 5.82 Å². The van der Waals surface area contributed by atoms with E-state index in [0.29, 0.717) is 11.6 Å². The fraction of sp³-hybridized carbons (Fsp3) is 0.556. The van der Waals surface area contributed by atoms with Gasteiger partial charge in [-0.05, 0) is 12.8 Å². The van der Waals surface area contributed by atoms with Crippen LogP contribution in [0.2, 0.25) is 5.02 Å². The van der Waals surface area contributed by atoms with Gasteiger partial charge in [0.05, 0.1) is 12.3 Å². The molecular weight excluding hydrogens is 202 g/mol. The van der Waals surface area contributed by atoms with E-state index in [1.807, 2.05) is 4.90 Å². The molecular formula is C9H12ClN3O. The number of nitrogens with zero attached hydrogens (tertiary/aromatic N) is 3. The zero-order chi connectivity index (χ0) is 9.97. The lowest BCUT2D eigenvalue weighted by atomic mass is 10.1. The third-order valence-corrected chi connectivity index (χ3v) is 2.61. The molecule has 1 aliphatic heterocycles. The minimum absolute atomic E-state index is 0.269. The first-order valence-corrected chi connectivity index (χ1v) is 5.03. The van der Waals surface area contributed by atoms with Crippen molar-refractivity contribution in [3.8, 4) is 0 Å². The van der Waals surface area contributed by atoms with Crippen LogP contribution in [0, 0.1) is 0 Å². The fourth-order valence-electron chi connectivity index (χ4n) is 1.69. The van der Waals surface area contributed by atoms with Gasteiger partial charge in [0.15, 0.2) is 5.82 Å². The number of hydrogen-bond donors (Lipinski definition) is 1. The molecule has 1 N–H and O–H groups in total. The number of hydrogen-bond acceptors (Lipinski definition) is 4. The lowest BCUT2D eigenvalue weighted by Crippen LogP contribution is -2.38. The standard InChI is InChI=1S/C9H12ClN3O/c10-8-4-11-6-12-9(8)13-3-1-2-7(14)5-13/h4,6-7,14H,1-3,5H2/t7-/m0/s1. The average molecular weight is 214 g/mol. The lowest BCUT2D eigenvalue weighted by molar-refractivity contribution is 0.154. The highest BCUT2D eigenvalue weighted by molar-refractivity contribution is 6.32. The van der Waals surface area contributed by atoms with Gasteiger partial charge in [0.2, 0.25) is 0 Å². The molecule has 1 aliphatic rings. The Balaban J connectivity index is 2.18. The molecule has 0 unspecified atom stereocenters. The molecule has 2 rings (SSSR count). The zero-order valence-corrected chi connectivity index (χ0v) is 8.48. The quantitative estimate of drug-likeness (QED) is 0.759. The van der Waals surface area contributed by atoms with Crippen LogP contribution in [0.25, 0.3) is 0 Å². The molecule has 14 heavy (non-hydrogen) atoms. The normalized spacial score (nSPS) is 22.4. The van der Waals surface area contributed by atoms with Crippen molar-refractivity contribution in [2.24, 2.45) is 0 Å². The molecule has 1 saturated heterocycles. The van der Waals surface area contributed by atoms with E-state index < -0.39 is 0 Å². The molecule has 1 fully saturated rings. The summed E-state index contributed by atoms with van der Waals surface area (Å²) in [6.07, 6.45) is 4.61. The van der Waals surface area contributed by atoms with Gasteiger partial charge in [-0.25, -0.2) is 9.97 Å². The van der Waals surface area contributed by atoms with Crippen LogP contribution >= 0.6 is 11.6 Å². The van der Waals surface area contributed by atoms with Crippen LogP contribution < -0.4 is 4.90 Å². The molecule has 5 heteroatoms. The van der Waals surface area contributed by atoms with E-state index in [-0.39, 0.29) is 6.10 Å². The lowest BCUT2D eigenvalue weighted by Gasteiger charge is -2.31. The highest BCUT2D eigenvalue weighted by Gasteiger charge is 2.20. The Morgan fingerprint density at radius 3 is 3.14 bits per heavy atom. The molecule has 0 saturated carbocycles. The molecule has 0 bridgehead atoms. The molecule has 0 radical (unpaired) electrons. The van der Waals surface area contributed by atoms with E-state index in [2.05, 4.69) is 9.97 Å². The Bertz CT molecular complexity index is 321. The summed E-state index contributed by atoms with van der Waals surface area (Å²) in [5.41, 5.74) is 0. The van der Waals surface area contributed by atoms with E-state index in [1.54, 1.807) is 6.20 Å². The predicted octanol–water partition coefficient (Wildman–Crippen LogP) is 1.09. The first kappa shape index (κ1) is 9.68. The Labute approximate surface area is 87.5 Å². The second-order valence-electron chi connectivity index (χ2n) is 3.44. The Morgan fingerprint density at radius 2 is 2.43 bits per heavy atom. The molecule has 1 atom stereocenters. The third-order valence-electron chi connectivity index (χ3n) is 2.34. The van der Waals surface area contributed by atoms with E-state index in [0.717, 1.165) is 25.2 Å². The van der Waals surface area contributed by atoms with Gasteiger partial charge in [-0.3, -0.25) is 0 Å². The Kier molecular flexibility index (Phi) is 2.84. The van der Waals surface area contributed by atoms with E-state index in [4.69, 9.17) is 11.6 Å². The summed E-state index contributed by atoms with van der Waals surface area (Å²) in [6.45, 7) is 1.50. The summed E-state index contributed by atoms with van der Waals surface area (Å²) in [7, 11) is 0. The minimum atomic E-state index is -0.269. The van der Waals surface area contributed by atoms with Crippen molar-refractivity contribution < 1.29 is 5.11 Å². The van der Waals surface area contributed by atoms with Crippen LogP contribution in [0.5, 0.6) is 0 Å². The Hall–Kier alpha value is -0.870. The number of aliphatic hydroxyl groups is 1. The maximum absolute atomic E-state index is 9.50. The van der Waals surface area contributed by atoms with Crippen LogP contribution in [-0.4, -0.2) is 34.3 Å². The van der Waals surface area contributed by atoms with Crippen molar-refractivity contribution in [3.05, 3.63) is 17.5 Å². The highest BCUT2D eigenvalue weighted by atomic mass is 35.5. The van der Waals surface area contributed by atoms with Crippen molar-refractivity contribution in [2.45, 2.75) is 18.9 Å². The van der Waals surface area contributed by atoms with E-state index in [9.17, 15) is 5.11 Å². The smallest absolute Gasteiger partial charge is 0.150 e. The van der Waals surface area contributed by atoms with Crippen molar-refractivity contribution in [2.75, 3.05) is 18.0 Å². The molecule has 2 heterocycles. The molecule has 1 aromatic rings. The topological polar surface area (TPSA) is 49.2 Å². The molecule has 4 nitrogen and oxygen atoms in total. The van der Waals surface area contributed by atoms with Gasteiger partial charge in [0.1, 0.15) is 11.3 Å². The predicted molar refractivity (Wildman–Crippen MR) is 54.5 cm³/mol. The molecule has 76 valence electrons. The van der Waals surface area contributed by atoms with Crippen molar-refractivity contribution in [1.82, 2.24) is 9.97 Å². The summed E-state index contributed by atoms with van der Waals surface area (Å²) in [6, 6.07) is 0. The number of aromatic nitrogens is 2. The summed E-state index contributed by atoms with van der Waals surface area (Å²) < 4.78 is 0. The fourth-order valence-corrected chi connectivity index (χ4v) is 1.91. The molecule has 0 aliphatic carbocycles. The van der Waals surface area contributed by atoms with Gasteiger partial charge in [-0.15, -0.1) is 0 Å². The summed E-state index contributed by atoms with van der Waals surface area (Å²) >= 11 is 5.96. The SMILES string of the molecule is O[C@H]1CCCN(c2ncncc2Cl)C1. The average Bonchev–Trinajstić information content (AvgIpc) is 2.18. The number of aliphatic hydroxyl groups excluding tert-OH is 1. The van der Waals surface area contributed by atoms with E-state index >= 15 is 0 Å². The second kappa shape index (κ2) is 4.11. The molecule has 0 aromatic carbocycles. The first-order valence-electron chi connectivity index (χ1n) is 4.66. The number of rotatable bonds is 1. The maximum atomic E-state index is 9.50. The first-order chi connectivity index (χ1) is 6.77.